The van der Waals surface area contributed by atoms with Crippen LogP contribution in [-0.4, -0.2) is 29.9 Å². The van der Waals surface area contributed by atoms with Crippen LogP contribution in [0.1, 0.15) is 17.3 Å². The number of ether oxygens (including phenoxy) is 1. The summed E-state index contributed by atoms with van der Waals surface area (Å²) in [6.45, 7) is -0.165. The van der Waals surface area contributed by atoms with Gasteiger partial charge in [-0.3, -0.25) is 19.5 Å². The summed E-state index contributed by atoms with van der Waals surface area (Å²) in [6.07, 6.45) is 1.69. The van der Waals surface area contributed by atoms with Crippen LogP contribution >= 0.6 is 0 Å². The molecule has 1 N–H and O–H groups in total. The van der Waals surface area contributed by atoms with E-state index in [9.17, 15) is 9.59 Å². The molecule has 2 amide bonds. The van der Waals surface area contributed by atoms with Gasteiger partial charge in [0.2, 0.25) is 5.91 Å². The summed E-state index contributed by atoms with van der Waals surface area (Å²) in [6, 6.07) is 22.0. The molecule has 1 aromatic heterocycles. The Hall–Kier alpha value is -3.67. The fourth-order valence-electron chi connectivity index (χ4n) is 3.20. The van der Waals surface area contributed by atoms with E-state index in [2.05, 4.69) is 10.3 Å². The SMILES string of the molecule is O=C(CN1C(=O)COc2ccccc21)N[C@@H](c1ccccc1)c1ccccn1. The van der Waals surface area contributed by atoms with Crippen LogP contribution in [-0.2, 0) is 9.59 Å². The maximum absolute atomic E-state index is 12.9. The Morgan fingerprint density at radius 2 is 1.79 bits per heavy atom. The first-order valence-corrected chi connectivity index (χ1v) is 9.00. The number of carbonyl (C=O) groups excluding carboxylic acids is 2. The van der Waals surface area contributed by atoms with E-state index in [1.165, 1.54) is 4.90 Å². The lowest BCUT2D eigenvalue weighted by molar-refractivity contribution is -0.125. The second-order valence-corrected chi connectivity index (χ2v) is 6.40. The third-order valence-electron chi connectivity index (χ3n) is 4.53. The lowest BCUT2D eigenvalue weighted by atomic mass is 10.0. The second kappa shape index (κ2) is 7.92. The minimum absolute atomic E-state index is 0.0767. The second-order valence-electron chi connectivity index (χ2n) is 6.40. The van der Waals surface area contributed by atoms with Crippen LogP contribution in [0.4, 0.5) is 5.69 Å². The number of para-hydroxylation sites is 2. The van der Waals surface area contributed by atoms with Crippen molar-refractivity contribution in [3.8, 4) is 5.75 Å². The molecule has 6 nitrogen and oxygen atoms in total. The number of nitrogens with zero attached hydrogens (tertiary/aromatic N) is 2. The molecule has 0 radical (unpaired) electrons. The van der Waals surface area contributed by atoms with Gasteiger partial charge in [-0.25, -0.2) is 0 Å². The predicted molar refractivity (Wildman–Crippen MR) is 105 cm³/mol. The van der Waals surface area contributed by atoms with E-state index in [0.29, 0.717) is 11.4 Å². The molecule has 0 saturated carbocycles. The Kier molecular flexibility index (Phi) is 5.01. The van der Waals surface area contributed by atoms with Gasteiger partial charge in [0.15, 0.2) is 6.61 Å². The van der Waals surface area contributed by atoms with Crippen LogP contribution in [0.3, 0.4) is 0 Å². The molecule has 0 fully saturated rings. The first kappa shape index (κ1) is 17.7. The highest BCUT2D eigenvalue weighted by atomic mass is 16.5. The van der Waals surface area contributed by atoms with Gasteiger partial charge in [0.05, 0.1) is 17.4 Å². The van der Waals surface area contributed by atoms with E-state index in [1.54, 1.807) is 18.3 Å². The van der Waals surface area contributed by atoms with Crippen LogP contribution in [0, 0.1) is 0 Å². The first-order chi connectivity index (χ1) is 13.7. The van der Waals surface area contributed by atoms with Gasteiger partial charge in [-0.1, -0.05) is 48.5 Å². The number of rotatable bonds is 5. The van der Waals surface area contributed by atoms with Crippen molar-refractivity contribution >= 4 is 17.5 Å². The highest BCUT2D eigenvalue weighted by Gasteiger charge is 2.28. The van der Waals surface area contributed by atoms with Crippen LogP contribution in [0.5, 0.6) is 5.75 Å². The van der Waals surface area contributed by atoms with Crippen molar-refractivity contribution < 1.29 is 14.3 Å². The Bertz CT molecular complexity index is 937. The zero-order valence-corrected chi connectivity index (χ0v) is 15.1. The Labute approximate surface area is 162 Å². The zero-order valence-electron chi connectivity index (χ0n) is 15.1. The maximum atomic E-state index is 12.9. The number of hydrogen-bond acceptors (Lipinski definition) is 4. The maximum Gasteiger partial charge on any atom is 0.265 e. The zero-order chi connectivity index (χ0) is 19.3. The molecule has 0 spiro atoms. The molecule has 6 heteroatoms. The third kappa shape index (κ3) is 3.71. The van der Waals surface area contributed by atoms with E-state index in [0.717, 1.165) is 11.3 Å². The molecule has 28 heavy (non-hydrogen) atoms. The summed E-state index contributed by atoms with van der Waals surface area (Å²) in [7, 11) is 0. The smallest absolute Gasteiger partial charge is 0.265 e. The number of nitrogens with one attached hydrogen (secondary N) is 1. The van der Waals surface area contributed by atoms with Crippen LogP contribution in [0.2, 0.25) is 0 Å². The summed E-state index contributed by atoms with van der Waals surface area (Å²) in [5, 5.41) is 3.01. The molecule has 2 heterocycles. The number of pyridine rings is 1. The van der Waals surface area contributed by atoms with Gasteiger partial charge in [0.1, 0.15) is 12.3 Å². The highest BCUT2D eigenvalue weighted by Crippen LogP contribution is 2.31. The molecule has 1 atom stereocenters. The molecule has 0 unspecified atom stereocenters. The molecule has 0 aliphatic carbocycles. The van der Waals surface area contributed by atoms with Crippen molar-refractivity contribution in [2.75, 3.05) is 18.1 Å². The Morgan fingerprint density at radius 3 is 2.57 bits per heavy atom. The lowest BCUT2D eigenvalue weighted by Crippen LogP contribution is -2.46. The average molecular weight is 373 g/mol. The van der Waals surface area contributed by atoms with Crippen LogP contribution in [0.15, 0.2) is 79.0 Å². The van der Waals surface area contributed by atoms with Gasteiger partial charge >= 0.3 is 0 Å². The van der Waals surface area contributed by atoms with Gasteiger partial charge in [0.25, 0.3) is 5.91 Å². The minimum atomic E-state index is -0.402. The number of aromatic nitrogens is 1. The van der Waals surface area contributed by atoms with E-state index < -0.39 is 6.04 Å². The van der Waals surface area contributed by atoms with Gasteiger partial charge in [0, 0.05) is 6.20 Å². The number of amides is 2. The molecular weight excluding hydrogens is 354 g/mol. The first-order valence-electron chi connectivity index (χ1n) is 9.00. The molecule has 140 valence electrons. The Morgan fingerprint density at radius 1 is 1.04 bits per heavy atom. The van der Waals surface area contributed by atoms with Crippen molar-refractivity contribution in [2.24, 2.45) is 0 Å². The van der Waals surface area contributed by atoms with E-state index >= 15 is 0 Å². The number of anilines is 1. The quantitative estimate of drug-likeness (QED) is 0.746. The summed E-state index contributed by atoms with van der Waals surface area (Å²) in [4.78, 5) is 31.0. The summed E-state index contributed by atoms with van der Waals surface area (Å²) in [5.74, 6) is 0.0757. The fourth-order valence-corrected chi connectivity index (χ4v) is 3.20. The van der Waals surface area contributed by atoms with Crippen molar-refractivity contribution in [3.63, 3.8) is 0 Å². The van der Waals surface area contributed by atoms with Gasteiger partial charge in [-0.05, 0) is 29.8 Å². The van der Waals surface area contributed by atoms with Crippen molar-refractivity contribution in [1.82, 2.24) is 10.3 Å². The van der Waals surface area contributed by atoms with Crippen molar-refractivity contribution in [3.05, 3.63) is 90.3 Å². The monoisotopic (exact) mass is 373 g/mol. The molecule has 0 bridgehead atoms. The van der Waals surface area contributed by atoms with Crippen LogP contribution < -0.4 is 15.0 Å². The highest BCUT2D eigenvalue weighted by molar-refractivity contribution is 6.02. The van der Waals surface area contributed by atoms with Crippen molar-refractivity contribution in [1.29, 1.82) is 0 Å². The topological polar surface area (TPSA) is 71.5 Å². The van der Waals surface area contributed by atoms with Crippen molar-refractivity contribution in [2.45, 2.75) is 6.04 Å². The predicted octanol–water partition coefficient (Wildman–Crippen LogP) is 2.71. The largest absolute Gasteiger partial charge is 0.482 e. The lowest BCUT2D eigenvalue weighted by Gasteiger charge is -2.29. The van der Waals surface area contributed by atoms with E-state index in [1.807, 2.05) is 60.7 Å². The standard InChI is InChI=1S/C22H19N3O3/c26-20(14-25-18-11-4-5-12-19(18)28-15-21(25)27)24-22(16-8-2-1-3-9-16)17-10-6-7-13-23-17/h1-13,22H,14-15H2,(H,24,26)/t22-/m0/s1. The average Bonchev–Trinajstić information content (AvgIpc) is 2.75. The fraction of sp³-hybridized carbons (Fsp3) is 0.136. The number of hydrogen-bond donors (Lipinski definition) is 1. The summed E-state index contributed by atoms with van der Waals surface area (Å²) < 4.78 is 5.43. The van der Waals surface area contributed by atoms with Gasteiger partial charge in [-0.2, -0.15) is 0 Å². The normalized spacial score (nSPS) is 14.0. The molecular formula is C22H19N3O3. The van der Waals surface area contributed by atoms with Crippen LogP contribution in [0.25, 0.3) is 0 Å². The third-order valence-corrected chi connectivity index (χ3v) is 4.53. The molecule has 4 rings (SSSR count). The molecule has 0 saturated heterocycles. The molecule has 3 aromatic rings. The number of benzene rings is 2. The Balaban J connectivity index is 1.57. The minimum Gasteiger partial charge on any atom is -0.482 e. The summed E-state index contributed by atoms with van der Waals surface area (Å²) >= 11 is 0. The number of carbonyl (C=O) groups is 2. The molecule has 1 aliphatic rings. The number of fused-ring (bicyclic) bond motifs is 1. The molecule has 2 aromatic carbocycles. The van der Waals surface area contributed by atoms with E-state index in [4.69, 9.17) is 4.74 Å². The van der Waals surface area contributed by atoms with Gasteiger partial charge < -0.3 is 10.1 Å². The summed E-state index contributed by atoms with van der Waals surface area (Å²) in [5.41, 5.74) is 2.25. The van der Waals surface area contributed by atoms with E-state index in [-0.39, 0.29) is 25.0 Å². The van der Waals surface area contributed by atoms with Gasteiger partial charge in [-0.15, -0.1) is 0 Å². The molecule has 1 aliphatic heterocycles.